The number of carbonyl (C=O) groups is 4. The van der Waals surface area contributed by atoms with Crippen LogP contribution in [0.5, 0.6) is 0 Å². The SMILES string of the molecule is CC[N+]1(C(=O)O)[C@H](OC(C)=O)[C@H](OC(C)=O)C[C@@]1(C)C(=O)O. The normalized spacial score (nSPS) is 34.0. The van der Waals surface area contributed by atoms with Crippen molar-refractivity contribution in [2.24, 2.45) is 0 Å². The maximum absolute atomic E-state index is 11.9. The summed E-state index contributed by atoms with van der Waals surface area (Å²) >= 11 is 0. The smallest absolute Gasteiger partial charge is 0.477 e. The van der Waals surface area contributed by atoms with Gasteiger partial charge in [-0.3, -0.25) is 9.59 Å². The van der Waals surface area contributed by atoms with Gasteiger partial charge in [-0.25, -0.2) is 4.79 Å². The summed E-state index contributed by atoms with van der Waals surface area (Å²) in [6.07, 6.45) is -4.32. The molecule has 1 saturated heterocycles. The molecular weight excluding hydrogens is 298 g/mol. The van der Waals surface area contributed by atoms with E-state index in [1.54, 1.807) is 0 Å². The van der Waals surface area contributed by atoms with Crippen LogP contribution in [-0.2, 0) is 23.9 Å². The molecule has 0 aromatic heterocycles. The van der Waals surface area contributed by atoms with Crippen molar-refractivity contribution in [3.8, 4) is 0 Å². The summed E-state index contributed by atoms with van der Waals surface area (Å²) in [7, 11) is 0. The summed E-state index contributed by atoms with van der Waals surface area (Å²) in [6, 6.07) is 0. The zero-order chi connectivity index (χ0) is 17.3. The van der Waals surface area contributed by atoms with Gasteiger partial charge in [0.25, 0.3) is 6.23 Å². The summed E-state index contributed by atoms with van der Waals surface area (Å²) < 4.78 is 9.01. The van der Waals surface area contributed by atoms with Gasteiger partial charge in [0, 0.05) is 20.8 Å². The van der Waals surface area contributed by atoms with E-state index in [0.717, 1.165) is 13.8 Å². The quantitative estimate of drug-likeness (QED) is 0.569. The first-order valence-corrected chi connectivity index (χ1v) is 6.72. The van der Waals surface area contributed by atoms with E-state index in [0.29, 0.717) is 0 Å². The Hall–Kier alpha value is -2.16. The summed E-state index contributed by atoms with van der Waals surface area (Å²) in [5.74, 6) is -2.87. The highest BCUT2D eigenvalue weighted by atomic mass is 16.6. The number of likely N-dealkylation sites (N-methyl/N-ethyl adjacent to an activating group) is 1. The van der Waals surface area contributed by atoms with Crippen molar-refractivity contribution >= 4 is 24.0 Å². The largest absolute Gasteiger partial charge is 0.517 e. The van der Waals surface area contributed by atoms with Crippen LogP contribution in [-0.4, -0.2) is 63.1 Å². The van der Waals surface area contributed by atoms with E-state index >= 15 is 0 Å². The number of carboxylic acid groups (broad SMARTS) is 2. The monoisotopic (exact) mass is 318 g/mol. The number of amides is 1. The number of aliphatic carboxylic acids is 1. The molecule has 0 bridgehead atoms. The van der Waals surface area contributed by atoms with Crippen LogP contribution in [0.2, 0.25) is 0 Å². The molecule has 0 aromatic carbocycles. The standard InChI is InChI=1S/C13H19NO8/c1-5-14(12(19)20)10(22-8(3)16)9(21-7(2)15)6-13(14,4)11(17)18/h9-10H,5-6H2,1-4H3,(H-,17,18,19,20)/p+1/t9-,10-,13+,14?/m1/s1. The van der Waals surface area contributed by atoms with Gasteiger partial charge in [0.1, 0.15) is 0 Å². The Labute approximate surface area is 127 Å². The van der Waals surface area contributed by atoms with E-state index in [4.69, 9.17) is 9.47 Å². The lowest BCUT2D eigenvalue weighted by molar-refractivity contribution is -0.925. The van der Waals surface area contributed by atoms with Crippen LogP contribution in [0.1, 0.15) is 34.1 Å². The maximum atomic E-state index is 11.9. The van der Waals surface area contributed by atoms with E-state index in [-0.39, 0.29) is 13.0 Å². The van der Waals surface area contributed by atoms with Gasteiger partial charge in [-0.2, -0.15) is 9.28 Å². The number of likely N-dealkylation sites (tertiary alicyclic amines) is 1. The maximum Gasteiger partial charge on any atom is 0.517 e. The van der Waals surface area contributed by atoms with Crippen LogP contribution >= 0.6 is 0 Å². The molecule has 1 aliphatic heterocycles. The third-order valence-electron chi connectivity index (χ3n) is 4.14. The molecule has 1 unspecified atom stereocenters. The van der Waals surface area contributed by atoms with Gasteiger partial charge in [-0.05, 0) is 6.92 Å². The second-order valence-electron chi connectivity index (χ2n) is 5.40. The fraction of sp³-hybridized carbons (Fsp3) is 0.692. The molecule has 2 N–H and O–H groups in total. The third kappa shape index (κ3) is 2.52. The Bertz CT molecular complexity index is 518. The number of hydrogen-bond acceptors (Lipinski definition) is 6. The number of quaternary nitrogens is 1. The molecule has 0 spiro atoms. The Kier molecular flexibility index (Phi) is 4.81. The Morgan fingerprint density at radius 1 is 1.14 bits per heavy atom. The molecular formula is C13H20NO8+. The molecule has 9 nitrogen and oxygen atoms in total. The molecule has 1 heterocycles. The van der Waals surface area contributed by atoms with Crippen molar-refractivity contribution in [2.45, 2.75) is 52.0 Å². The van der Waals surface area contributed by atoms with Crippen molar-refractivity contribution < 1.29 is 43.3 Å². The van der Waals surface area contributed by atoms with Crippen LogP contribution in [0.4, 0.5) is 4.79 Å². The molecule has 1 fully saturated rings. The fourth-order valence-electron chi connectivity index (χ4n) is 3.11. The summed E-state index contributed by atoms with van der Waals surface area (Å²) in [6.45, 7) is 4.75. The summed E-state index contributed by atoms with van der Waals surface area (Å²) in [4.78, 5) is 46.1. The average molecular weight is 318 g/mol. The van der Waals surface area contributed by atoms with Gasteiger partial charge in [0.05, 0.1) is 13.0 Å². The van der Waals surface area contributed by atoms with E-state index < -0.39 is 46.4 Å². The lowest BCUT2D eigenvalue weighted by Crippen LogP contribution is -2.70. The van der Waals surface area contributed by atoms with Gasteiger partial charge in [0.15, 0.2) is 6.10 Å². The first-order chi connectivity index (χ1) is 10.0. The highest BCUT2D eigenvalue weighted by Gasteiger charge is 2.72. The molecule has 1 amide bonds. The first kappa shape index (κ1) is 17.9. The number of ether oxygens (including phenoxy) is 2. The fourth-order valence-corrected chi connectivity index (χ4v) is 3.11. The van der Waals surface area contributed by atoms with Gasteiger partial charge in [-0.1, -0.05) is 0 Å². The number of hydrogen-bond donors (Lipinski definition) is 2. The predicted molar refractivity (Wildman–Crippen MR) is 70.6 cm³/mol. The van der Waals surface area contributed by atoms with Gasteiger partial charge < -0.3 is 19.7 Å². The molecule has 1 rings (SSSR count). The molecule has 1 aliphatic rings. The Morgan fingerprint density at radius 3 is 1.95 bits per heavy atom. The average Bonchev–Trinajstić information content (AvgIpc) is 2.59. The predicted octanol–water partition coefficient (Wildman–Crippen LogP) is 0.569. The minimum Gasteiger partial charge on any atom is -0.477 e. The highest BCUT2D eigenvalue weighted by Crippen LogP contribution is 2.44. The van der Waals surface area contributed by atoms with Gasteiger partial charge in [0.2, 0.25) is 5.54 Å². The van der Waals surface area contributed by atoms with Crippen LogP contribution in [0.15, 0.2) is 0 Å². The molecule has 4 atom stereocenters. The van der Waals surface area contributed by atoms with Crippen LogP contribution in [0.25, 0.3) is 0 Å². The van der Waals surface area contributed by atoms with Crippen molar-refractivity contribution in [3.05, 3.63) is 0 Å². The summed E-state index contributed by atoms with van der Waals surface area (Å²) in [5.41, 5.74) is -1.80. The van der Waals surface area contributed by atoms with Crippen LogP contribution in [0.3, 0.4) is 0 Å². The minimum absolute atomic E-state index is 0.159. The molecule has 124 valence electrons. The van der Waals surface area contributed by atoms with Crippen molar-refractivity contribution in [2.75, 3.05) is 6.54 Å². The molecule has 0 aromatic rings. The van der Waals surface area contributed by atoms with Crippen molar-refractivity contribution in [1.29, 1.82) is 0 Å². The minimum atomic E-state index is -1.80. The Morgan fingerprint density at radius 2 is 1.64 bits per heavy atom. The molecule has 0 radical (unpaired) electrons. The van der Waals surface area contributed by atoms with E-state index in [1.165, 1.54) is 13.8 Å². The Balaban J connectivity index is 3.50. The lowest BCUT2D eigenvalue weighted by atomic mass is 9.96. The number of carbonyl (C=O) groups excluding carboxylic acids is 2. The molecule has 22 heavy (non-hydrogen) atoms. The van der Waals surface area contributed by atoms with Gasteiger partial charge in [-0.15, -0.1) is 0 Å². The van der Waals surface area contributed by atoms with Crippen molar-refractivity contribution in [3.63, 3.8) is 0 Å². The third-order valence-corrected chi connectivity index (χ3v) is 4.14. The molecule has 0 saturated carbocycles. The van der Waals surface area contributed by atoms with E-state index in [9.17, 15) is 29.4 Å². The topological polar surface area (TPSA) is 127 Å². The second-order valence-corrected chi connectivity index (χ2v) is 5.40. The molecule has 0 aliphatic carbocycles. The van der Waals surface area contributed by atoms with Crippen LogP contribution in [0, 0.1) is 0 Å². The van der Waals surface area contributed by atoms with Crippen molar-refractivity contribution in [1.82, 2.24) is 0 Å². The number of rotatable bonds is 4. The second kappa shape index (κ2) is 5.91. The van der Waals surface area contributed by atoms with E-state index in [1.807, 2.05) is 0 Å². The zero-order valence-electron chi connectivity index (χ0n) is 12.9. The summed E-state index contributed by atoms with van der Waals surface area (Å²) in [5, 5.41) is 19.2. The van der Waals surface area contributed by atoms with Crippen LogP contribution < -0.4 is 0 Å². The molecule has 9 heteroatoms. The number of nitrogens with zero attached hydrogens (tertiary/aromatic N) is 1. The number of esters is 2. The van der Waals surface area contributed by atoms with E-state index in [2.05, 4.69) is 0 Å². The lowest BCUT2D eigenvalue weighted by Gasteiger charge is -2.40. The highest BCUT2D eigenvalue weighted by molar-refractivity contribution is 5.80. The zero-order valence-corrected chi connectivity index (χ0v) is 12.9. The first-order valence-electron chi connectivity index (χ1n) is 6.72. The number of carboxylic acids is 1. The van der Waals surface area contributed by atoms with Gasteiger partial charge >= 0.3 is 24.0 Å².